The fourth-order valence-electron chi connectivity index (χ4n) is 5.18. The van der Waals surface area contributed by atoms with Gasteiger partial charge < -0.3 is 23.4 Å². The van der Waals surface area contributed by atoms with E-state index >= 15 is 0 Å². The summed E-state index contributed by atoms with van der Waals surface area (Å²) in [7, 11) is 0. The first-order chi connectivity index (χ1) is 24.2. The van der Waals surface area contributed by atoms with Gasteiger partial charge in [0, 0.05) is 17.3 Å². The summed E-state index contributed by atoms with van der Waals surface area (Å²) in [6.07, 6.45) is 5.37. The lowest BCUT2D eigenvalue weighted by atomic mass is 10.1. The summed E-state index contributed by atoms with van der Waals surface area (Å²) in [4.78, 5) is 24.2. The highest BCUT2D eigenvalue weighted by Crippen LogP contribution is 2.33. The molecule has 0 radical (unpaired) electrons. The average Bonchev–Trinajstić information content (AvgIpc) is 3.60. The summed E-state index contributed by atoms with van der Waals surface area (Å²) in [6, 6.07) is 31.3. The maximum absolute atomic E-state index is 13.5. The third-order valence-corrected chi connectivity index (χ3v) is 7.74. The number of aldehydes is 1. The highest BCUT2D eigenvalue weighted by molar-refractivity contribution is 5.82. The third-order valence-electron chi connectivity index (χ3n) is 7.74. The van der Waals surface area contributed by atoms with E-state index in [9.17, 15) is 9.59 Å². The maximum atomic E-state index is 13.5. The van der Waals surface area contributed by atoms with Crippen LogP contribution >= 0.6 is 0 Å². The Morgan fingerprint density at radius 1 is 0.755 bits per heavy atom. The van der Waals surface area contributed by atoms with Gasteiger partial charge in [-0.2, -0.15) is 0 Å². The number of rotatable bonds is 18. The van der Waals surface area contributed by atoms with Crippen LogP contribution in [-0.2, 0) is 24.3 Å². The van der Waals surface area contributed by atoms with Crippen LogP contribution in [0.5, 0.6) is 17.2 Å². The Bertz CT molecular complexity index is 2010. The van der Waals surface area contributed by atoms with Gasteiger partial charge in [0.25, 0.3) is 0 Å². The Morgan fingerprint density at radius 2 is 1.57 bits per heavy atom. The van der Waals surface area contributed by atoms with E-state index in [0.717, 1.165) is 42.6 Å². The maximum Gasteiger partial charge on any atom is 0.235 e. The number of para-hydroxylation sites is 1. The van der Waals surface area contributed by atoms with Crippen LogP contribution in [0.2, 0.25) is 0 Å². The van der Waals surface area contributed by atoms with Crippen molar-refractivity contribution >= 4 is 17.3 Å². The summed E-state index contributed by atoms with van der Waals surface area (Å²) in [5, 5.41) is 8.92. The quantitative estimate of drug-likeness (QED) is 0.0715. The molecule has 0 aliphatic heterocycles. The molecule has 0 aliphatic rings. The smallest absolute Gasteiger partial charge is 0.235 e. The molecule has 0 fully saturated rings. The minimum absolute atomic E-state index is 0.159. The molecule has 2 heterocycles. The lowest BCUT2D eigenvalue weighted by Crippen LogP contribution is -2.12. The Morgan fingerprint density at radius 3 is 2.43 bits per heavy atom. The van der Waals surface area contributed by atoms with Crippen molar-refractivity contribution in [3.05, 3.63) is 136 Å². The molecule has 250 valence electrons. The molecule has 0 aliphatic carbocycles. The highest BCUT2D eigenvalue weighted by atomic mass is 16.5. The largest absolute Gasteiger partial charge is 0.494 e. The first-order valence-electron chi connectivity index (χ1n) is 16.3. The molecule has 2 aromatic heterocycles. The molecule has 0 spiro atoms. The van der Waals surface area contributed by atoms with Gasteiger partial charge in [-0.1, -0.05) is 59.8 Å². The molecular weight excluding hydrogens is 622 g/mol. The van der Waals surface area contributed by atoms with Gasteiger partial charge in [0.2, 0.25) is 11.2 Å². The molecule has 0 bridgehead atoms. The van der Waals surface area contributed by atoms with Crippen molar-refractivity contribution in [1.82, 2.24) is 15.0 Å². The number of hydrogen-bond acceptors (Lipinski definition) is 9. The number of nitrogens with zero attached hydrogens (tertiary/aromatic N) is 3. The van der Waals surface area contributed by atoms with Crippen molar-refractivity contribution in [2.45, 2.75) is 32.4 Å². The Labute approximate surface area is 283 Å². The van der Waals surface area contributed by atoms with Crippen LogP contribution < -0.4 is 19.6 Å². The van der Waals surface area contributed by atoms with Crippen molar-refractivity contribution < 1.29 is 28.2 Å². The normalized spacial score (nSPS) is 11.0. The SMILES string of the molecule is O=Cc1ccc(OCCCCc2cn(CCOCCOc3cccc(-c4oc5ccccc5c(=O)c4OCc4ccccc4)c3)nn2)cc1. The fourth-order valence-corrected chi connectivity index (χ4v) is 5.18. The lowest BCUT2D eigenvalue weighted by Gasteiger charge is -2.13. The zero-order valence-corrected chi connectivity index (χ0v) is 27.0. The number of ether oxygens (including phenoxy) is 4. The summed E-state index contributed by atoms with van der Waals surface area (Å²) >= 11 is 0. The zero-order valence-electron chi connectivity index (χ0n) is 27.0. The van der Waals surface area contributed by atoms with Gasteiger partial charge in [0.05, 0.1) is 37.4 Å². The van der Waals surface area contributed by atoms with E-state index in [4.69, 9.17) is 23.4 Å². The molecule has 49 heavy (non-hydrogen) atoms. The van der Waals surface area contributed by atoms with Gasteiger partial charge in [-0.15, -0.1) is 5.10 Å². The van der Waals surface area contributed by atoms with Gasteiger partial charge in [-0.25, -0.2) is 4.68 Å². The summed E-state index contributed by atoms with van der Waals surface area (Å²) in [5.41, 5.74) is 3.43. The summed E-state index contributed by atoms with van der Waals surface area (Å²) < 4.78 is 31.6. The molecule has 6 aromatic rings. The predicted octanol–water partition coefficient (Wildman–Crippen LogP) is 6.94. The molecule has 0 unspecified atom stereocenters. The average molecular weight is 660 g/mol. The molecule has 0 atom stereocenters. The van der Waals surface area contributed by atoms with Crippen LogP contribution in [-0.4, -0.2) is 47.7 Å². The van der Waals surface area contributed by atoms with Gasteiger partial charge in [0.1, 0.15) is 36.6 Å². The zero-order chi connectivity index (χ0) is 33.7. The number of unbranched alkanes of at least 4 members (excludes halogenated alkanes) is 1. The van der Waals surface area contributed by atoms with Crippen molar-refractivity contribution in [2.75, 3.05) is 26.4 Å². The Kier molecular flexibility index (Phi) is 11.4. The number of hydrogen-bond donors (Lipinski definition) is 0. The van der Waals surface area contributed by atoms with Crippen molar-refractivity contribution in [3.63, 3.8) is 0 Å². The lowest BCUT2D eigenvalue weighted by molar-refractivity contribution is 0.0923. The highest BCUT2D eigenvalue weighted by Gasteiger charge is 2.18. The molecule has 0 saturated heterocycles. The summed E-state index contributed by atoms with van der Waals surface area (Å²) in [5.74, 6) is 1.88. The first-order valence-corrected chi connectivity index (χ1v) is 16.3. The molecule has 0 saturated carbocycles. The van der Waals surface area contributed by atoms with E-state index in [1.165, 1.54) is 0 Å². The third kappa shape index (κ3) is 9.21. The van der Waals surface area contributed by atoms with Crippen LogP contribution in [0.15, 0.2) is 119 Å². The van der Waals surface area contributed by atoms with Gasteiger partial charge in [-0.05, 0) is 73.4 Å². The van der Waals surface area contributed by atoms with Crippen LogP contribution in [0.3, 0.4) is 0 Å². The number of aromatic nitrogens is 3. The second kappa shape index (κ2) is 16.9. The van der Waals surface area contributed by atoms with E-state index in [0.29, 0.717) is 66.6 Å². The second-order valence-corrected chi connectivity index (χ2v) is 11.3. The van der Waals surface area contributed by atoms with E-state index in [2.05, 4.69) is 10.3 Å². The van der Waals surface area contributed by atoms with Gasteiger partial charge in [-0.3, -0.25) is 9.59 Å². The number of benzene rings is 4. The molecule has 0 amide bonds. The van der Waals surface area contributed by atoms with Crippen molar-refractivity contribution in [2.24, 2.45) is 0 Å². The number of carbonyl (C=O) groups excluding carboxylic acids is 1. The van der Waals surface area contributed by atoms with E-state index in [1.54, 1.807) is 47.1 Å². The van der Waals surface area contributed by atoms with E-state index < -0.39 is 0 Å². The minimum atomic E-state index is -0.225. The van der Waals surface area contributed by atoms with E-state index in [-0.39, 0.29) is 17.8 Å². The predicted molar refractivity (Wildman–Crippen MR) is 185 cm³/mol. The summed E-state index contributed by atoms with van der Waals surface area (Å²) in [6.45, 7) is 2.60. The second-order valence-electron chi connectivity index (χ2n) is 11.3. The van der Waals surface area contributed by atoms with Gasteiger partial charge in [0.15, 0.2) is 5.76 Å². The molecule has 4 aromatic carbocycles. The molecule has 10 heteroatoms. The molecular formula is C39H37N3O7. The monoisotopic (exact) mass is 659 g/mol. The molecule has 0 N–H and O–H groups in total. The number of fused-ring (bicyclic) bond motifs is 1. The minimum Gasteiger partial charge on any atom is -0.494 e. The Balaban J connectivity index is 0.949. The first kappa shape index (κ1) is 33.2. The number of carbonyl (C=O) groups is 1. The Hall–Kier alpha value is -5.74. The van der Waals surface area contributed by atoms with Crippen LogP contribution in [0.1, 0.15) is 34.5 Å². The van der Waals surface area contributed by atoms with Crippen molar-refractivity contribution in [1.29, 1.82) is 0 Å². The topological polar surface area (TPSA) is 115 Å². The van der Waals surface area contributed by atoms with Crippen molar-refractivity contribution in [3.8, 4) is 28.6 Å². The van der Waals surface area contributed by atoms with Crippen LogP contribution in [0.25, 0.3) is 22.3 Å². The molecule has 10 nitrogen and oxygen atoms in total. The van der Waals surface area contributed by atoms with Gasteiger partial charge >= 0.3 is 0 Å². The molecule has 6 rings (SSSR count). The number of aryl methyl sites for hydroxylation is 1. The standard InChI is InChI=1S/C39H37N3O7/c43-27-29-16-18-33(19-17-29)46-21-7-6-12-32-26-42(41-40-32)20-22-45-23-24-47-34-13-8-11-31(25-34)38-39(48-28-30-9-2-1-3-10-30)37(44)35-14-4-5-15-36(35)49-38/h1-5,8-11,13-19,25-27H,6-7,12,20-24,28H2. The van der Waals surface area contributed by atoms with E-state index in [1.807, 2.05) is 66.9 Å². The van der Waals surface area contributed by atoms with Crippen LogP contribution in [0, 0.1) is 0 Å². The van der Waals surface area contributed by atoms with Crippen LogP contribution in [0.4, 0.5) is 0 Å². The fraction of sp³-hybridized carbons (Fsp3) is 0.231.